The first-order valence-electron chi connectivity index (χ1n) is 7.13. The minimum absolute atomic E-state index is 0.0417. The van der Waals surface area contributed by atoms with E-state index in [4.69, 9.17) is 0 Å². The number of nitrogens with one attached hydrogen (secondary N) is 1. The van der Waals surface area contributed by atoms with Crippen LogP contribution in [0.25, 0.3) is 0 Å². The number of hydrogen-bond acceptors (Lipinski definition) is 4. The van der Waals surface area contributed by atoms with Gasteiger partial charge in [-0.1, -0.05) is 13.8 Å². The zero-order valence-corrected chi connectivity index (χ0v) is 13.0. The van der Waals surface area contributed by atoms with Crippen molar-refractivity contribution in [1.82, 2.24) is 9.80 Å². The molecule has 1 aliphatic heterocycles. The molecule has 1 N–H and O–H groups in total. The number of benzene rings is 1. The Bertz CT molecular complexity index is 721. The SMILES string of the molecule is CC(C)CN1C(=O)C(=O)N(CC(=O)Nc2cc(F)ccc2F)C1=O. The highest BCUT2D eigenvalue weighted by Crippen LogP contribution is 2.17. The molecule has 0 unspecified atom stereocenters. The number of carbonyl (C=O) groups excluding carboxylic acids is 4. The topological polar surface area (TPSA) is 86.8 Å². The Labute approximate surface area is 136 Å². The molecule has 5 amide bonds. The molecule has 0 radical (unpaired) electrons. The van der Waals surface area contributed by atoms with Crippen molar-refractivity contribution in [3.63, 3.8) is 0 Å². The number of imide groups is 2. The van der Waals surface area contributed by atoms with E-state index in [9.17, 15) is 28.0 Å². The molecular weight excluding hydrogens is 324 g/mol. The van der Waals surface area contributed by atoms with Gasteiger partial charge in [0.2, 0.25) is 5.91 Å². The van der Waals surface area contributed by atoms with Crippen LogP contribution in [0.5, 0.6) is 0 Å². The van der Waals surface area contributed by atoms with Crippen LogP contribution in [0.2, 0.25) is 0 Å². The van der Waals surface area contributed by atoms with Gasteiger partial charge in [-0.15, -0.1) is 0 Å². The molecule has 7 nitrogen and oxygen atoms in total. The van der Waals surface area contributed by atoms with Gasteiger partial charge in [-0.05, 0) is 18.1 Å². The molecule has 1 saturated heterocycles. The molecular formula is C15H15F2N3O4. The van der Waals surface area contributed by atoms with E-state index >= 15 is 0 Å². The lowest BCUT2D eigenvalue weighted by molar-refractivity contribution is -0.143. The summed E-state index contributed by atoms with van der Waals surface area (Å²) >= 11 is 0. The van der Waals surface area contributed by atoms with E-state index in [0.29, 0.717) is 4.90 Å². The van der Waals surface area contributed by atoms with Gasteiger partial charge in [-0.25, -0.2) is 18.5 Å². The van der Waals surface area contributed by atoms with Gasteiger partial charge in [0.1, 0.15) is 18.2 Å². The van der Waals surface area contributed by atoms with Gasteiger partial charge in [0, 0.05) is 12.6 Å². The lowest BCUT2D eigenvalue weighted by Crippen LogP contribution is -2.39. The maximum absolute atomic E-state index is 13.5. The van der Waals surface area contributed by atoms with Crippen molar-refractivity contribution in [2.24, 2.45) is 5.92 Å². The molecule has 1 aromatic rings. The summed E-state index contributed by atoms with van der Waals surface area (Å²) in [4.78, 5) is 48.8. The number of anilines is 1. The molecule has 1 heterocycles. The van der Waals surface area contributed by atoms with Crippen molar-refractivity contribution in [2.75, 3.05) is 18.4 Å². The lowest BCUT2D eigenvalue weighted by Gasteiger charge is -2.16. The predicted octanol–water partition coefficient (Wildman–Crippen LogP) is 1.35. The predicted molar refractivity (Wildman–Crippen MR) is 78.6 cm³/mol. The van der Waals surface area contributed by atoms with Crippen LogP contribution in [0.3, 0.4) is 0 Å². The maximum Gasteiger partial charge on any atom is 0.334 e. The van der Waals surface area contributed by atoms with E-state index in [1.165, 1.54) is 0 Å². The average Bonchev–Trinajstić information content (AvgIpc) is 2.68. The fraction of sp³-hybridized carbons (Fsp3) is 0.333. The van der Waals surface area contributed by atoms with E-state index in [1.54, 1.807) is 13.8 Å². The van der Waals surface area contributed by atoms with Crippen LogP contribution in [-0.4, -0.2) is 46.6 Å². The van der Waals surface area contributed by atoms with Crippen molar-refractivity contribution in [3.05, 3.63) is 29.8 Å². The largest absolute Gasteiger partial charge is 0.334 e. The number of rotatable bonds is 5. The molecule has 1 aromatic carbocycles. The normalized spacial score (nSPS) is 14.8. The van der Waals surface area contributed by atoms with Crippen molar-refractivity contribution in [3.8, 4) is 0 Å². The number of hydrogen-bond donors (Lipinski definition) is 1. The van der Waals surface area contributed by atoms with E-state index in [1.807, 2.05) is 0 Å². The third-order valence-electron chi connectivity index (χ3n) is 3.19. The Balaban J connectivity index is 2.08. The fourth-order valence-corrected chi connectivity index (χ4v) is 2.14. The maximum atomic E-state index is 13.5. The van der Waals surface area contributed by atoms with Gasteiger partial charge in [0.05, 0.1) is 5.69 Å². The molecule has 24 heavy (non-hydrogen) atoms. The summed E-state index contributed by atoms with van der Waals surface area (Å²) in [5.41, 5.74) is -0.426. The Kier molecular flexibility index (Phi) is 4.91. The molecule has 0 aliphatic carbocycles. The summed E-state index contributed by atoms with van der Waals surface area (Å²) in [7, 11) is 0. The lowest BCUT2D eigenvalue weighted by atomic mass is 10.2. The smallest absolute Gasteiger partial charge is 0.322 e. The van der Waals surface area contributed by atoms with Crippen molar-refractivity contribution in [2.45, 2.75) is 13.8 Å². The first-order chi connectivity index (χ1) is 11.2. The highest BCUT2D eigenvalue weighted by Gasteiger charge is 2.45. The Hall–Kier alpha value is -2.84. The Morgan fingerprint density at radius 1 is 1.12 bits per heavy atom. The minimum atomic E-state index is -1.13. The molecule has 1 fully saturated rings. The Morgan fingerprint density at radius 3 is 2.38 bits per heavy atom. The Morgan fingerprint density at radius 2 is 1.75 bits per heavy atom. The first kappa shape index (κ1) is 17.5. The van der Waals surface area contributed by atoms with Gasteiger partial charge < -0.3 is 5.32 Å². The summed E-state index contributed by atoms with van der Waals surface area (Å²) < 4.78 is 26.5. The standard InChI is InChI=1S/C15H15F2N3O4/c1-8(2)6-19-13(22)14(23)20(15(19)24)7-12(21)18-11-5-9(16)3-4-10(11)17/h3-5,8H,6-7H2,1-2H3,(H,18,21). The number of urea groups is 1. The van der Waals surface area contributed by atoms with Gasteiger partial charge in [-0.2, -0.15) is 0 Å². The number of halogens is 2. The summed E-state index contributed by atoms with van der Waals surface area (Å²) in [6.07, 6.45) is 0. The van der Waals surface area contributed by atoms with Gasteiger partial charge in [0.25, 0.3) is 0 Å². The molecule has 0 spiro atoms. The van der Waals surface area contributed by atoms with Gasteiger partial charge >= 0.3 is 17.8 Å². The average molecular weight is 339 g/mol. The minimum Gasteiger partial charge on any atom is -0.322 e. The second kappa shape index (κ2) is 6.73. The fourth-order valence-electron chi connectivity index (χ4n) is 2.14. The summed E-state index contributed by atoms with van der Waals surface area (Å²) in [6.45, 7) is 2.79. The number of nitrogens with zero attached hydrogens (tertiary/aromatic N) is 2. The van der Waals surface area contributed by atoms with Crippen LogP contribution in [0, 0.1) is 17.6 Å². The zero-order valence-electron chi connectivity index (χ0n) is 13.0. The third-order valence-corrected chi connectivity index (χ3v) is 3.19. The van der Waals surface area contributed by atoms with E-state index in [-0.39, 0.29) is 12.5 Å². The molecule has 0 bridgehead atoms. The summed E-state index contributed by atoms with van der Waals surface area (Å²) in [5, 5.41) is 2.06. The van der Waals surface area contributed by atoms with Crippen molar-refractivity contribution >= 4 is 29.4 Å². The van der Waals surface area contributed by atoms with Crippen LogP contribution in [0.1, 0.15) is 13.8 Å². The quantitative estimate of drug-likeness (QED) is 0.648. The van der Waals surface area contributed by atoms with Gasteiger partial charge in [0.15, 0.2) is 0 Å². The van der Waals surface area contributed by atoms with Crippen LogP contribution in [0.15, 0.2) is 18.2 Å². The van der Waals surface area contributed by atoms with Crippen LogP contribution in [-0.2, 0) is 14.4 Å². The van der Waals surface area contributed by atoms with E-state index < -0.39 is 47.6 Å². The first-order valence-corrected chi connectivity index (χ1v) is 7.13. The number of amides is 5. The van der Waals surface area contributed by atoms with E-state index in [2.05, 4.69) is 5.32 Å². The van der Waals surface area contributed by atoms with E-state index in [0.717, 1.165) is 23.1 Å². The second-order valence-electron chi connectivity index (χ2n) is 5.66. The number of carbonyl (C=O) groups is 4. The van der Waals surface area contributed by atoms with Crippen LogP contribution >= 0.6 is 0 Å². The third kappa shape index (κ3) is 3.55. The second-order valence-corrected chi connectivity index (χ2v) is 5.66. The summed E-state index contributed by atoms with van der Waals surface area (Å²) in [6, 6.07) is 1.55. The van der Waals surface area contributed by atoms with Crippen LogP contribution < -0.4 is 5.32 Å². The van der Waals surface area contributed by atoms with Crippen molar-refractivity contribution < 1.29 is 28.0 Å². The summed E-state index contributed by atoms with van der Waals surface area (Å²) in [5.74, 6) is -4.77. The molecule has 2 rings (SSSR count). The molecule has 0 atom stereocenters. The highest BCUT2D eigenvalue weighted by atomic mass is 19.1. The molecule has 9 heteroatoms. The molecule has 1 aliphatic rings. The monoisotopic (exact) mass is 339 g/mol. The van der Waals surface area contributed by atoms with Crippen molar-refractivity contribution in [1.29, 1.82) is 0 Å². The highest BCUT2D eigenvalue weighted by molar-refractivity contribution is 6.45. The molecule has 0 saturated carbocycles. The molecule has 0 aromatic heterocycles. The van der Waals surface area contributed by atoms with Gasteiger partial charge in [-0.3, -0.25) is 19.3 Å². The zero-order chi connectivity index (χ0) is 18.0. The van der Waals surface area contributed by atoms with Crippen LogP contribution in [0.4, 0.5) is 19.3 Å². The molecule has 128 valence electrons.